The van der Waals surface area contributed by atoms with E-state index in [0.717, 1.165) is 86.1 Å². The molecule has 10 heteroatoms. The van der Waals surface area contributed by atoms with Crippen molar-refractivity contribution < 1.29 is 18.9 Å². The Morgan fingerprint density at radius 2 is 1.81 bits per heavy atom. The van der Waals surface area contributed by atoms with E-state index in [9.17, 15) is 0 Å². The van der Waals surface area contributed by atoms with Gasteiger partial charge in [-0.1, -0.05) is 50.9 Å². The summed E-state index contributed by atoms with van der Waals surface area (Å²) in [5.41, 5.74) is 3.62. The third-order valence-electron chi connectivity index (χ3n) is 6.92. The monoisotopic (exact) mass is 546 g/mol. The van der Waals surface area contributed by atoms with Crippen LogP contribution in [0.5, 0.6) is 5.75 Å². The fourth-order valence-corrected chi connectivity index (χ4v) is 6.41. The Labute approximate surface area is 224 Å². The van der Waals surface area contributed by atoms with Gasteiger partial charge in [-0.15, -0.1) is 5.10 Å². The van der Waals surface area contributed by atoms with E-state index in [4.69, 9.17) is 23.9 Å². The molecule has 0 N–H and O–H groups in total. The van der Waals surface area contributed by atoms with Crippen molar-refractivity contribution in [2.45, 2.75) is 109 Å². The van der Waals surface area contributed by atoms with Crippen LogP contribution in [0.25, 0.3) is 11.4 Å². The number of pyridine rings is 1. The lowest BCUT2D eigenvalue weighted by Gasteiger charge is -2.27. The highest BCUT2D eigenvalue weighted by Crippen LogP contribution is 2.41. The number of rotatable bonds is 13. The van der Waals surface area contributed by atoms with E-state index >= 15 is 0 Å². The first-order valence-electron chi connectivity index (χ1n) is 14.0. The minimum absolute atomic E-state index is 0.160. The Morgan fingerprint density at radius 3 is 2.46 bits per heavy atom. The standard InChI is InChI=1S/C27H46N4O4Si2/c1-36(2,3)17-16-32-20-35-24-14-13-22(28-26(24)21-10-9-11-21)27-23(18-34-25-12-7-8-15-33-25)31(30-29-27)19-37(4,5)6/h13-14,21,25H,7-12,15-20H2,1-6H3. The minimum Gasteiger partial charge on any atom is -0.466 e. The molecule has 2 fully saturated rings. The molecular formula is C27H46N4O4Si2. The summed E-state index contributed by atoms with van der Waals surface area (Å²) in [5, 5.41) is 9.16. The Bertz CT molecular complexity index is 1010. The first-order chi connectivity index (χ1) is 17.6. The van der Waals surface area contributed by atoms with E-state index in [1.54, 1.807) is 0 Å². The van der Waals surface area contributed by atoms with Crippen molar-refractivity contribution in [2.75, 3.05) is 20.0 Å². The van der Waals surface area contributed by atoms with Crippen molar-refractivity contribution in [1.29, 1.82) is 0 Å². The number of hydrogen-bond donors (Lipinski definition) is 0. The van der Waals surface area contributed by atoms with Gasteiger partial charge in [0.15, 0.2) is 13.1 Å². The Hall–Kier alpha value is -1.60. The van der Waals surface area contributed by atoms with Gasteiger partial charge in [-0.25, -0.2) is 9.67 Å². The van der Waals surface area contributed by atoms with Crippen LogP contribution in [0.1, 0.15) is 55.8 Å². The SMILES string of the molecule is C[Si](C)(C)CCOCOc1ccc(-c2nnn(C[Si](C)(C)C)c2COC2CCCCO2)nc1C1CCC1. The van der Waals surface area contributed by atoms with Gasteiger partial charge in [-0.05, 0) is 50.3 Å². The topological polar surface area (TPSA) is 80.5 Å². The Balaban J connectivity index is 1.53. The highest BCUT2D eigenvalue weighted by atomic mass is 28.3. The van der Waals surface area contributed by atoms with Crippen molar-refractivity contribution in [3.63, 3.8) is 0 Å². The summed E-state index contributed by atoms with van der Waals surface area (Å²) < 4.78 is 25.9. The molecule has 8 nitrogen and oxygen atoms in total. The van der Waals surface area contributed by atoms with Crippen molar-refractivity contribution >= 4 is 16.1 Å². The van der Waals surface area contributed by atoms with Gasteiger partial charge in [0.2, 0.25) is 0 Å². The molecule has 1 aliphatic heterocycles. The summed E-state index contributed by atoms with van der Waals surface area (Å²) in [7, 11) is -2.55. The molecule has 206 valence electrons. The van der Waals surface area contributed by atoms with E-state index in [2.05, 4.69) is 49.6 Å². The van der Waals surface area contributed by atoms with Crippen molar-refractivity contribution in [1.82, 2.24) is 20.0 Å². The molecule has 0 bridgehead atoms. The molecule has 0 aromatic carbocycles. The first kappa shape index (κ1) is 28.4. The minimum atomic E-state index is -1.43. The normalized spacial score (nSPS) is 19.1. The highest BCUT2D eigenvalue weighted by molar-refractivity contribution is 6.76. The zero-order valence-electron chi connectivity index (χ0n) is 23.7. The zero-order chi connectivity index (χ0) is 26.5. The third kappa shape index (κ3) is 8.44. The summed E-state index contributed by atoms with van der Waals surface area (Å²) >= 11 is 0. The quantitative estimate of drug-likeness (QED) is 0.168. The lowest BCUT2D eigenvalue weighted by molar-refractivity contribution is -0.169. The highest BCUT2D eigenvalue weighted by Gasteiger charge is 2.28. The molecule has 1 atom stereocenters. The largest absolute Gasteiger partial charge is 0.466 e. The van der Waals surface area contributed by atoms with E-state index < -0.39 is 16.1 Å². The summed E-state index contributed by atoms with van der Waals surface area (Å²) in [5.74, 6) is 1.24. The maximum atomic E-state index is 6.20. The van der Waals surface area contributed by atoms with Gasteiger partial charge in [0.05, 0.1) is 31.8 Å². The number of ether oxygens (including phenoxy) is 4. The number of aromatic nitrogens is 4. The molecular weight excluding hydrogens is 500 g/mol. The predicted octanol–water partition coefficient (Wildman–Crippen LogP) is 6.22. The predicted molar refractivity (Wildman–Crippen MR) is 151 cm³/mol. The van der Waals surface area contributed by atoms with Gasteiger partial charge >= 0.3 is 0 Å². The van der Waals surface area contributed by atoms with Crippen LogP contribution in [0, 0.1) is 0 Å². The number of nitrogens with zero attached hydrogens (tertiary/aromatic N) is 4. The maximum absolute atomic E-state index is 6.20. The van der Waals surface area contributed by atoms with Gasteiger partial charge in [0.1, 0.15) is 11.4 Å². The molecule has 1 saturated heterocycles. The summed E-state index contributed by atoms with van der Waals surface area (Å²) in [6.07, 6.45) is 7.41. The molecule has 0 radical (unpaired) electrons. The fourth-order valence-electron chi connectivity index (χ4n) is 4.50. The van der Waals surface area contributed by atoms with E-state index in [1.807, 2.05) is 16.8 Å². The first-order valence-corrected chi connectivity index (χ1v) is 21.4. The van der Waals surface area contributed by atoms with Gasteiger partial charge < -0.3 is 18.9 Å². The van der Waals surface area contributed by atoms with E-state index in [0.29, 0.717) is 12.5 Å². The van der Waals surface area contributed by atoms with Crippen LogP contribution in [0.4, 0.5) is 0 Å². The average Bonchev–Trinajstić information content (AvgIpc) is 3.17. The summed E-state index contributed by atoms with van der Waals surface area (Å²) in [6, 6.07) is 5.17. The van der Waals surface area contributed by atoms with Crippen molar-refractivity contribution in [3.8, 4) is 17.1 Å². The van der Waals surface area contributed by atoms with Crippen LogP contribution in [-0.2, 0) is 27.0 Å². The second kappa shape index (κ2) is 12.5. The summed E-state index contributed by atoms with van der Waals surface area (Å²) in [4.78, 5) is 5.10. The van der Waals surface area contributed by atoms with E-state index in [-0.39, 0.29) is 13.1 Å². The van der Waals surface area contributed by atoms with Crippen LogP contribution in [0.15, 0.2) is 12.1 Å². The second-order valence-corrected chi connectivity index (χ2v) is 24.0. The molecule has 37 heavy (non-hydrogen) atoms. The fraction of sp³-hybridized carbons (Fsp3) is 0.741. The lowest BCUT2D eigenvalue weighted by atomic mass is 9.82. The van der Waals surface area contributed by atoms with Gasteiger partial charge in [-0.2, -0.15) is 0 Å². The second-order valence-electron chi connectivity index (χ2n) is 12.9. The van der Waals surface area contributed by atoms with Gasteiger partial charge in [-0.3, -0.25) is 0 Å². The molecule has 2 aromatic heterocycles. The van der Waals surface area contributed by atoms with E-state index in [1.165, 1.54) is 6.42 Å². The number of hydrogen-bond acceptors (Lipinski definition) is 7. The maximum Gasteiger partial charge on any atom is 0.189 e. The van der Waals surface area contributed by atoms with Crippen LogP contribution < -0.4 is 4.74 Å². The molecule has 0 amide bonds. The smallest absolute Gasteiger partial charge is 0.189 e. The summed E-state index contributed by atoms with van der Waals surface area (Å²) in [6.45, 7) is 16.3. The third-order valence-corrected chi connectivity index (χ3v) is 9.87. The molecule has 4 rings (SSSR count). The van der Waals surface area contributed by atoms with Crippen LogP contribution in [0.3, 0.4) is 0 Å². The van der Waals surface area contributed by atoms with Crippen molar-refractivity contribution in [3.05, 3.63) is 23.5 Å². The Morgan fingerprint density at radius 1 is 1.00 bits per heavy atom. The molecule has 0 spiro atoms. The lowest BCUT2D eigenvalue weighted by Crippen LogP contribution is -2.30. The van der Waals surface area contributed by atoms with Crippen molar-refractivity contribution in [2.24, 2.45) is 0 Å². The zero-order valence-corrected chi connectivity index (χ0v) is 25.7. The van der Waals surface area contributed by atoms with Gasteiger partial charge in [0, 0.05) is 33.4 Å². The molecule has 1 unspecified atom stereocenters. The molecule has 2 aromatic rings. The average molecular weight is 547 g/mol. The Kier molecular flexibility index (Phi) is 9.60. The van der Waals surface area contributed by atoms with Gasteiger partial charge in [0.25, 0.3) is 0 Å². The molecule has 2 aliphatic rings. The molecule has 1 aliphatic carbocycles. The van der Waals surface area contributed by atoms with Crippen LogP contribution >= 0.6 is 0 Å². The van der Waals surface area contributed by atoms with Crippen LogP contribution in [-0.4, -0.2) is 62.4 Å². The van der Waals surface area contributed by atoms with Crippen LogP contribution in [0.2, 0.25) is 45.3 Å². The molecule has 1 saturated carbocycles. The molecule has 3 heterocycles.